The molecule has 21 heavy (non-hydrogen) atoms. The molecule has 2 rings (SSSR count). The van der Waals surface area contributed by atoms with E-state index in [4.69, 9.17) is 0 Å². The molecule has 0 atom stereocenters. The molecule has 114 valence electrons. The summed E-state index contributed by atoms with van der Waals surface area (Å²) in [7, 11) is 2.16. The highest BCUT2D eigenvalue weighted by Crippen LogP contribution is 2.24. The van der Waals surface area contributed by atoms with E-state index in [1.807, 2.05) is 12.1 Å². The highest BCUT2D eigenvalue weighted by atomic mass is 16.3. The first-order chi connectivity index (χ1) is 10.1. The molecule has 0 amide bonds. The minimum atomic E-state index is 0.275. The Kier molecular flexibility index (Phi) is 5.39. The van der Waals surface area contributed by atoms with Gasteiger partial charge in [-0.15, -0.1) is 0 Å². The van der Waals surface area contributed by atoms with Crippen LogP contribution in [-0.4, -0.2) is 41.2 Å². The molecule has 0 saturated heterocycles. The number of hydrogen-bond acceptors (Lipinski definition) is 4. The van der Waals surface area contributed by atoms with Crippen LogP contribution in [0.25, 0.3) is 10.8 Å². The molecule has 0 aliphatic rings. The van der Waals surface area contributed by atoms with Gasteiger partial charge < -0.3 is 15.3 Å². The van der Waals surface area contributed by atoms with E-state index >= 15 is 0 Å². The highest BCUT2D eigenvalue weighted by molar-refractivity contribution is 5.92. The maximum absolute atomic E-state index is 9.62. The summed E-state index contributed by atoms with van der Waals surface area (Å²) in [6.45, 7) is 6.44. The fraction of sp³-hybridized carbons (Fsp3) is 0.471. The lowest BCUT2D eigenvalue weighted by atomic mass is 10.1. The smallest absolute Gasteiger partial charge is 0.133 e. The van der Waals surface area contributed by atoms with Crippen LogP contribution in [0.1, 0.15) is 26.7 Å². The lowest BCUT2D eigenvalue weighted by Crippen LogP contribution is -2.27. The van der Waals surface area contributed by atoms with Gasteiger partial charge in [-0.3, -0.25) is 0 Å². The standard InChI is InChI=1S/C17H25N3O/c1-13(2)20(3)11-5-4-9-18-17-16-12-15(21)7-6-14(16)8-10-19-17/h6-8,10,12-13,21H,4-5,9,11H2,1-3H3,(H,18,19). The summed E-state index contributed by atoms with van der Waals surface area (Å²) in [6, 6.07) is 7.93. The molecular weight excluding hydrogens is 262 g/mol. The number of pyridine rings is 1. The Morgan fingerprint density at radius 2 is 2.05 bits per heavy atom. The summed E-state index contributed by atoms with van der Waals surface area (Å²) in [5.41, 5.74) is 0. The van der Waals surface area contributed by atoms with Crippen molar-refractivity contribution >= 4 is 16.6 Å². The first kappa shape index (κ1) is 15.6. The number of phenols is 1. The number of aromatic nitrogens is 1. The monoisotopic (exact) mass is 287 g/mol. The predicted molar refractivity (Wildman–Crippen MR) is 88.9 cm³/mol. The van der Waals surface area contributed by atoms with Gasteiger partial charge in [-0.05, 0) is 63.9 Å². The van der Waals surface area contributed by atoms with E-state index in [-0.39, 0.29) is 5.75 Å². The summed E-state index contributed by atoms with van der Waals surface area (Å²) >= 11 is 0. The maximum Gasteiger partial charge on any atom is 0.133 e. The Hall–Kier alpha value is -1.81. The van der Waals surface area contributed by atoms with Crippen LogP contribution in [0, 0.1) is 0 Å². The van der Waals surface area contributed by atoms with Crippen LogP contribution in [0.2, 0.25) is 0 Å². The molecule has 2 N–H and O–H groups in total. The van der Waals surface area contributed by atoms with Gasteiger partial charge in [0, 0.05) is 24.2 Å². The minimum Gasteiger partial charge on any atom is -0.508 e. The zero-order valence-corrected chi connectivity index (χ0v) is 13.1. The van der Waals surface area contributed by atoms with Gasteiger partial charge in [-0.25, -0.2) is 4.98 Å². The van der Waals surface area contributed by atoms with Crippen LogP contribution < -0.4 is 5.32 Å². The van der Waals surface area contributed by atoms with E-state index in [2.05, 4.69) is 36.1 Å². The Morgan fingerprint density at radius 1 is 1.24 bits per heavy atom. The van der Waals surface area contributed by atoms with Gasteiger partial charge >= 0.3 is 0 Å². The van der Waals surface area contributed by atoms with Crippen molar-refractivity contribution in [1.82, 2.24) is 9.88 Å². The summed E-state index contributed by atoms with van der Waals surface area (Å²) < 4.78 is 0. The van der Waals surface area contributed by atoms with E-state index in [0.29, 0.717) is 6.04 Å². The Bertz CT molecular complexity index is 583. The van der Waals surface area contributed by atoms with E-state index in [1.165, 1.54) is 0 Å². The van der Waals surface area contributed by atoms with Crippen LogP contribution in [0.5, 0.6) is 5.75 Å². The average molecular weight is 287 g/mol. The van der Waals surface area contributed by atoms with Gasteiger partial charge in [0.1, 0.15) is 11.6 Å². The molecule has 0 radical (unpaired) electrons. The molecule has 1 aromatic carbocycles. The molecule has 1 heterocycles. The second-order valence-corrected chi connectivity index (χ2v) is 5.77. The quantitative estimate of drug-likeness (QED) is 0.766. The van der Waals surface area contributed by atoms with E-state index in [1.54, 1.807) is 18.3 Å². The zero-order chi connectivity index (χ0) is 15.2. The van der Waals surface area contributed by atoms with Gasteiger partial charge in [0.05, 0.1) is 0 Å². The van der Waals surface area contributed by atoms with Gasteiger partial charge in [-0.1, -0.05) is 6.07 Å². The number of phenolic OH excluding ortho intramolecular Hbond substituents is 1. The summed E-state index contributed by atoms with van der Waals surface area (Å²) in [6.07, 6.45) is 4.07. The largest absolute Gasteiger partial charge is 0.508 e. The van der Waals surface area contributed by atoms with Gasteiger partial charge in [0.25, 0.3) is 0 Å². The summed E-state index contributed by atoms with van der Waals surface area (Å²) in [5.74, 6) is 1.12. The molecule has 0 aliphatic carbocycles. The molecule has 0 spiro atoms. The number of nitrogens with zero attached hydrogens (tertiary/aromatic N) is 2. The van der Waals surface area contributed by atoms with Crippen LogP contribution in [0.3, 0.4) is 0 Å². The summed E-state index contributed by atoms with van der Waals surface area (Å²) in [4.78, 5) is 6.73. The topological polar surface area (TPSA) is 48.4 Å². The number of hydrogen-bond donors (Lipinski definition) is 2. The van der Waals surface area contributed by atoms with Crippen molar-refractivity contribution in [2.24, 2.45) is 0 Å². The van der Waals surface area contributed by atoms with Crippen LogP contribution in [0.15, 0.2) is 30.5 Å². The third-order valence-electron chi connectivity index (χ3n) is 3.86. The average Bonchev–Trinajstić information content (AvgIpc) is 2.46. The first-order valence-corrected chi connectivity index (χ1v) is 7.60. The van der Waals surface area contributed by atoms with Crippen molar-refractivity contribution in [3.8, 4) is 5.75 Å². The molecule has 0 bridgehead atoms. The number of nitrogens with one attached hydrogen (secondary N) is 1. The normalized spacial score (nSPS) is 11.5. The number of fused-ring (bicyclic) bond motifs is 1. The Labute approximate surface area is 126 Å². The SMILES string of the molecule is CC(C)N(C)CCCCNc1nccc2ccc(O)cc12. The molecule has 1 aromatic heterocycles. The molecule has 0 saturated carbocycles. The number of benzene rings is 1. The molecular formula is C17H25N3O. The van der Waals surface area contributed by atoms with E-state index in [0.717, 1.165) is 42.5 Å². The van der Waals surface area contributed by atoms with Crippen molar-refractivity contribution in [3.05, 3.63) is 30.5 Å². The van der Waals surface area contributed by atoms with Crippen LogP contribution >= 0.6 is 0 Å². The number of anilines is 1. The van der Waals surface area contributed by atoms with Crippen molar-refractivity contribution in [2.45, 2.75) is 32.7 Å². The lowest BCUT2D eigenvalue weighted by molar-refractivity contribution is 0.269. The van der Waals surface area contributed by atoms with Gasteiger partial charge in [0.2, 0.25) is 0 Å². The predicted octanol–water partition coefficient (Wildman–Crippen LogP) is 3.47. The Balaban J connectivity index is 1.88. The molecule has 4 heteroatoms. The Morgan fingerprint density at radius 3 is 2.81 bits per heavy atom. The van der Waals surface area contributed by atoms with E-state index < -0.39 is 0 Å². The number of unbranched alkanes of at least 4 members (excludes halogenated alkanes) is 1. The van der Waals surface area contributed by atoms with Crippen molar-refractivity contribution in [3.63, 3.8) is 0 Å². The molecule has 0 unspecified atom stereocenters. The minimum absolute atomic E-state index is 0.275. The summed E-state index contributed by atoms with van der Waals surface area (Å²) in [5, 5.41) is 15.1. The molecule has 4 nitrogen and oxygen atoms in total. The van der Waals surface area contributed by atoms with Crippen molar-refractivity contribution in [1.29, 1.82) is 0 Å². The van der Waals surface area contributed by atoms with Crippen LogP contribution in [0.4, 0.5) is 5.82 Å². The number of aromatic hydroxyl groups is 1. The molecule has 0 aliphatic heterocycles. The van der Waals surface area contributed by atoms with E-state index in [9.17, 15) is 5.11 Å². The van der Waals surface area contributed by atoms with Gasteiger partial charge in [-0.2, -0.15) is 0 Å². The first-order valence-electron chi connectivity index (χ1n) is 7.60. The molecule has 0 fully saturated rings. The maximum atomic E-state index is 9.62. The second-order valence-electron chi connectivity index (χ2n) is 5.77. The number of rotatable bonds is 7. The van der Waals surface area contributed by atoms with Crippen molar-refractivity contribution < 1.29 is 5.11 Å². The zero-order valence-electron chi connectivity index (χ0n) is 13.1. The lowest BCUT2D eigenvalue weighted by Gasteiger charge is -2.20. The van der Waals surface area contributed by atoms with Crippen molar-refractivity contribution in [2.75, 3.05) is 25.5 Å². The fourth-order valence-electron chi connectivity index (χ4n) is 2.25. The highest BCUT2D eigenvalue weighted by Gasteiger charge is 2.04. The fourth-order valence-corrected chi connectivity index (χ4v) is 2.25. The van der Waals surface area contributed by atoms with Crippen LogP contribution in [-0.2, 0) is 0 Å². The second kappa shape index (κ2) is 7.27. The third-order valence-corrected chi connectivity index (χ3v) is 3.86. The third kappa shape index (κ3) is 4.33. The molecule has 2 aromatic rings. The van der Waals surface area contributed by atoms with Gasteiger partial charge in [0.15, 0.2) is 0 Å².